The third-order valence-electron chi connectivity index (χ3n) is 6.51. The number of aryl methyl sites for hydroxylation is 1. The van der Waals surface area contributed by atoms with Crippen LogP contribution in [0.5, 0.6) is 11.5 Å². The first kappa shape index (κ1) is 20.4. The highest BCUT2D eigenvalue weighted by Gasteiger charge is 2.47. The van der Waals surface area contributed by atoms with E-state index < -0.39 is 11.9 Å². The van der Waals surface area contributed by atoms with Crippen LogP contribution in [0.15, 0.2) is 42.5 Å². The molecule has 0 aliphatic heterocycles. The molecule has 0 amide bonds. The normalized spacial score (nSPS) is 21.4. The molecule has 2 aromatic rings. The molecule has 4 nitrogen and oxygen atoms in total. The van der Waals surface area contributed by atoms with Crippen molar-refractivity contribution in [2.45, 2.75) is 58.8 Å². The maximum atomic E-state index is 12.5. The Labute approximate surface area is 177 Å². The Morgan fingerprint density at radius 1 is 0.967 bits per heavy atom. The Morgan fingerprint density at radius 3 is 2.13 bits per heavy atom. The van der Waals surface area contributed by atoms with Gasteiger partial charge in [-0.15, -0.1) is 0 Å². The molecule has 156 valence electrons. The number of ether oxygens (including phenoxy) is 2. The highest BCUT2D eigenvalue weighted by atomic mass is 16.5. The molecule has 0 spiro atoms. The Bertz CT molecular complexity index is 1110. The summed E-state index contributed by atoms with van der Waals surface area (Å²) in [5.74, 6) is 1.42. The zero-order valence-corrected chi connectivity index (χ0v) is 18.1. The quantitative estimate of drug-likeness (QED) is 0.350. The van der Waals surface area contributed by atoms with Gasteiger partial charge in [-0.2, -0.15) is 0 Å². The summed E-state index contributed by atoms with van der Waals surface area (Å²) in [6, 6.07) is 6.06. The SMILES string of the molecule is C=C(C)C(=O)Oc1c2c(c(OC(=O)C(=C)C)c3ccc(CC)cc13)C1CC2CC1C. The molecule has 0 saturated heterocycles. The molecule has 4 heteroatoms. The Kier molecular flexibility index (Phi) is 5.05. The molecule has 3 unspecified atom stereocenters. The molecule has 2 aliphatic carbocycles. The molecule has 30 heavy (non-hydrogen) atoms. The molecule has 0 aromatic heterocycles. The fourth-order valence-corrected chi connectivity index (χ4v) is 4.97. The van der Waals surface area contributed by atoms with Gasteiger partial charge in [0.2, 0.25) is 0 Å². The van der Waals surface area contributed by atoms with E-state index in [1.165, 1.54) is 0 Å². The van der Waals surface area contributed by atoms with Crippen LogP contribution in [0.1, 0.15) is 69.1 Å². The van der Waals surface area contributed by atoms with Gasteiger partial charge in [0.1, 0.15) is 11.5 Å². The van der Waals surface area contributed by atoms with Crippen LogP contribution in [0.2, 0.25) is 0 Å². The van der Waals surface area contributed by atoms with Gasteiger partial charge in [-0.05, 0) is 62.5 Å². The van der Waals surface area contributed by atoms with Crippen LogP contribution in [0.4, 0.5) is 0 Å². The Balaban J connectivity index is 2.04. The second-order valence-electron chi connectivity index (χ2n) is 8.81. The predicted molar refractivity (Wildman–Crippen MR) is 118 cm³/mol. The molecule has 0 radical (unpaired) electrons. The van der Waals surface area contributed by atoms with E-state index in [4.69, 9.17) is 9.47 Å². The Hall–Kier alpha value is -2.88. The highest BCUT2D eigenvalue weighted by Crippen LogP contribution is 2.63. The standard InChI is InChI=1S/C26H28O4/c1-7-16-8-9-18-20(11-16)24(30-26(28)14(4)5)21-17-10-15(6)19(12-17)22(21)23(18)29-25(27)13(2)3/h8-9,11,15,17,19H,2,4,7,10,12H2,1,3,5-6H3. The lowest BCUT2D eigenvalue weighted by atomic mass is 9.81. The minimum absolute atomic E-state index is 0.287. The van der Waals surface area contributed by atoms with Crippen LogP contribution >= 0.6 is 0 Å². The molecule has 2 aliphatic rings. The van der Waals surface area contributed by atoms with Crippen LogP contribution in [-0.4, -0.2) is 11.9 Å². The van der Waals surface area contributed by atoms with E-state index in [2.05, 4.69) is 27.0 Å². The first-order chi connectivity index (χ1) is 14.2. The maximum absolute atomic E-state index is 12.5. The fourth-order valence-electron chi connectivity index (χ4n) is 4.97. The summed E-state index contributed by atoms with van der Waals surface area (Å²) in [6.45, 7) is 15.1. The van der Waals surface area contributed by atoms with Gasteiger partial charge in [0.25, 0.3) is 0 Å². The third kappa shape index (κ3) is 3.15. The van der Waals surface area contributed by atoms with Gasteiger partial charge < -0.3 is 9.47 Å². The largest absolute Gasteiger partial charge is 0.422 e. The van der Waals surface area contributed by atoms with Crippen molar-refractivity contribution in [2.24, 2.45) is 5.92 Å². The van der Waals surface area contributed by atoms with E-state index in [0.717, 1.165) is 46.7 Å². The van der Waals surface area contributed by atoms with E-state index in [-0.39, 0.29) is 5.92 Å². The number of carbonyl (C=O) groups is 2. The van der Waals surface area contributed by atoms with Crippen molar-refractivity contribution in [2.75, 3.05) is 0 Å². The number of hydrogen-bond donors (Lipinski definition) is 0. The molecular formula is C26H28O4. The molecular weight excluding hydrogens is 376 g/mol. The zero-order chi connectivity index (χ0) is 21.7. The van der Waals surface area contributed by atoms with Crippen molar-refractivity contribution in [1.82, 2.24) is 0 Å². The summed E-state index contributed by atoms with van der Waals surface area (Å²) in [6.07, 6.45) is 2.88. The van der Waals surface area contributed by atoms with Crippen molar-refractivity contribution >= 4 is 22.7 Å². The number of hydrogen-bond acceptors (Lipinski definition) is 4. The highest BCUT2D eigenvalue weighted by molar-refractivity contribution is 6.02. The van der Waals surface area contributed by atoms with E-state index in [1.54, 1.807) is 13.8 Å². The van der Waals surface area contributed by atoms with Crippen LogP contribution in [0.25, 0.3) is 10.8 Å². The minimum atomic E-state index is -0.430. The van der Waals surface area contributed by atoms with Crippen molar-refractivity contribution in [1.29, 1.82) is 0 Å². The maximum Gasteiger partial charge on any atom is 0.338 e. The van der Waals surface area contributed by atoms with E-state index in [9.17, 15) is 9.59 Å². The first-order valence-corrected chi connectivity index (χ1v) is 10.6. The first-order valence-electron chi connectivity index (χ1n) is 10.6. The third-order valence-corrected chi connectivity index (χ3v) is 6.51. The second-order valence-corrected chi connectivity index (χ2v) is 8.81. The van der Waals surface area contributed by atoms with Crippen LogP contribution in [-0.2, 0) is 16.0 Å². The summed E-state index contributed by atoms with van der Waals surface area (Å²) in [7, 11) is 0. The van der Waals surface area contributed by atoms with Gasteiger partial charge in [0.15, 0.2) is 0 Å². The van der Waals surface area contributed by atoms with Gasteiger partial charge in [0.05, 0.1) is 0 Å². The van der Waals surface area contributed by atoms with Crippen molar-refractivity contribution in [3.05, 3.63) is 59.2 Å². The van der Waals surface area contributed by atoms with Crippen molar-refractivity contribution in [3.63, 3.8) is 0 Å². The van der Waals surface area contributed by atoms with Gasteiger partial charge in [-0.25, -0.2) is 9.59 Å². The lowest BCUT2D eigenvalue weighted by molar-refractivity contribution is -0.131. The average molecular weight is 405 g/mol. The van der Waals surface area contributed by atoms with Gasteiger partial charge in [-0.1, -0.05) is 39.1 Å². The van der Waals surface area contributed by atoms with E-state index >= 15 is 0 Å². The van der Waals surface area contributed by atoms with Gasteiger partial charge in [0, 0.05) is 33.0 Å². The van der Waals surface area contributed by atoms with E-state index in [0.29, 0.717) is 34.5 Å². The predicted octanol–water partition coefficient (Wildman–Crippen LogP) is 5.98. The van der Waals surface area contributed by atoms with Gasteiger partial charge >= 0.3 is 11.9 Å². The number of fused-ring (bicyclic) bond motifs is 6. The molecule has 4 rings (SSSR count). The molecule has 0 N–H and O–H groups in total. The summed E-state index contributed by atoms with van der Waals surface area (Å²) < 4.78 is 11.8. The molecule has 0 heterocycles. The van der Waals surface area contributed by atoms with Crippen LogP contribution in [0, 0.1) is 5.92 Å². The summed E-state index contributed by atoms with van der Waals surface area (Å²) in [4.78, 5) is 25.0. The summed E-state index contributed by atoms with van der Waals surface area (Å²) in [5.41, 5.74) is 3.89. The summed E-state index contributed by atoms with van der Waals surface area (Å²) in [5, 5.41) is 1.61. The minimum Gasteiger partial charge on any atom is -0.422 e. The lowest BCUT2D eigenvalue weighted by Gasteiger charge is -2.27. The second kappa shape index (κ2) is 7.42. The molecule has 2 bridgehead atoms. The van der Waals surface area contributed by atoms with Crippen molar-refractivity contribution < 1.29 is 19.1 Å². The average Bonchev–Trinajstić information content (AvgIpc) is 3.26. The number of benzene rings is 2. The smallest absolute Gasteiger partial charge is 0.338 e. The molecule has 1 fully saturated rings. The lowest BCUT2D eigenvalue weighted by Crippen LogP contribution is -2.17. The van der Waals surface area contributed by atoms with Crippen LogP contribution in [0.3, 0.4) is 0 Å². The monoisotopic (exact) mass is 404 g/mol. The van der Waals surface area contributed by atoms with Crippen molar-refractivity contribution in [3.8, 4) is 11.5 Å². The number of esters is 2. The molecule has 3 atom stereocenters. The fraction of sp³-hybridized carbons (Fsp3) is 0.385. The topological polar surface area (TPSA) is 52.6 Å². The molecule has 2 aromatic carbocycles. The molecule has 1 saturated carbocycles. The van der Waals surface area contributed by atoms with Gasteiger partial charge in [-0.3, -0.25) is 0 Å². The number of rotatable bonds is 5. The van der Waals surface area contributed by atoms with Crippen LogP contribution < -0.4 is 9.47 Å². The van der Waals surface area contributed by atoms with E-state index in [1.807, 2.05) is 18.2 Å². The Morgan fingerprint density at radius 2 is 1.57 bits per heavy atom. The zero-order valence-electron chi connectivity index (χ0n) is 18.1. The summed E-state index contributed by atoms with van der Waals surface area (Å²) >= 11 is 0. The number of carbonyl (C=O) groups excluding carboxylic acids is 2.